The topological polar surface area (TPSA) is 41.7 Å². The van der Waals surface area contributed by atoms with Crippen molar-refractivity contribution in [3.63, 3.8) is 0 Å². The maximum atomic E-state index is 6.02. The number of piperidine rings is 1. The van der Waals surface area contributed by atoms with Crippen LogP contribution in [0.15, 0.2) is 0 Å². The van der Waals surface area contributed by atoms with Gasteiger partial charge in [0.25, 0.3) is 0 Å². The highest BCUT2D eigenvalue weighted by atomic mass is 16.5. The monoisotopic (exact) mass is 267 g/mol. The first-order chi connectivity index (χ1) is 9.38. The zero-order chi connectivity index (χ0) is 13.1. The molecular formula is C15H29N3O. The van der Waals surface area contributed by atoms with Gasteiger partial charge in [0.1, 0.15) is 0 Å². The van der Waals surface area contributed by atoms with Crippen LogP contribution in [0.4, 0.5) is 0 Å². The molecule has 3 fully saturated rings. The van der Waals surface area contributed by atoms with E-state index >= 15 is 0 Å². The third kappa shape index (κ3) is 3.13. The summed E-state index contributed by atoms with van der Waals surface area (Å²) in [5, 5.41) is 0. The van der Waals surface area contributed by atoms with E-state index in [4.69, 9.17) is 10.5 Å². The lowest BCUT2D eigenvalue weighted by atomic mass is 10.1. The van der Waals surface area contributed by atoms with Gasteiger partial charge in [0, 0.05) is 38.3 Å². The first-order valence-corrected chi connectivity index (χ1v) is 8.18. The third-order valence-corrected chi connectivity index (χ3v) is 5.21. The van der Waals surface area contributed by atoms with Crippen molar-refractivity contribution in [2.24, 2.45) is 5.73 Å². The highest BCUT2D eigenvalue weighted by Crippen LogP contribution is 2.25. The predicted molar refractivity (Wildman–Crippen MR) is 77.2 cm³/mol. The smallest absolute Gasteiger partial charge is 0.0743 e. The molecule has 19 heavy (non-hydrogen) atoms. The maximum absolute atomic E-state index is 6.02. The lowest BCUT2D eigenvalue weighted by molar-refractivity contribution is 0.0327. The quantitative estimate of drug-likeness (QED) is 0.827. The first-order valence-electron chi connectivity index (χ1n) is 8.18. The molecule has 3 saturated heterocycles. The van der Waals surface area contributed by atoms with Gasteiger partial charge in [-0.05, 0) is 45.2 Å². The second-order valence-electron chi connectivity index (χ2n) is 6.39. The van der Waals surface area contributed by atoms with E-state index in [2.05, 4.69) is 9.80 Å². The summed E-state index contributed by atoms with van der Waals surface area (Å²) >= 11 is 0. The summed E-state index contributed by atoms with van der Waals surface area (Å²) in [6, 6.07) is 1.23. The van der Waals surface area contributed by atoms with Crippen molar-refractivity contribution >= 4 is 0 Å². The van der Waals surface area contributed by atoms with Crippen LogP contribution in [0.5, 0.6) is 0 Å². The average Bonchev–Trinajstić information content (AvgIpc) is 3.12. The molecule has 4 heteroatoms. The minimum atomic E-state index is 0.394. The molecular weight excluding hydrogens is 238 g/mol. The van der Waals surface area contributed by atoms with E-state index in [-0.39, 0.29) is 0 Å². The van der Waals surface area contributed by atoms with Crippen LogP contribution in [-0.4, -0.2) is 67.3 Å². The van der Waals surface area contributed by atoms with Gasteiger partial charge in [0.15, 0.2) is 0 Å². The Morgan fingerprint density at radius 2 is 1.89 bits per heavy atom. The minimum absolute atomic E-state index is 0.394. The van der Waals surface area contributed by atoms with Gasteiger partial charge in [-0.25, -0.2) is 0 Å². The Balaban J connectivity index is 1.54. The van der Waals surface area contributed by atoms with Gasteiger partial charge in [-0.1, -0.05) is 6.42 Å². The lowest BCUT2D eigenvalue weighted by Gasteiger charge is -2.34. The fraction of sp³-hybridized carbons (Fsp3) is 1.00. The van der Waals surface area contributed by atoms with Crippen molar-refractivity contribution in [1.29, 1.82) is 0 Å². The Morgan fingerprint density at radius 1 is 1.05 bits per heavy atom. The third-order valence-electron chi connectivity index (χ3n) is 5.21. The lowest BCUT2D eigenvalue weighted by Crippen LogP contribution is -2.49. The normalized spacial score (nSPS) is 35.8. The van der Waals surface area contributed by atoms with Gasteiger partial charge in [-0.15, -0.1) is 0 Å². The van der Waals surface area contributed by atoms with Crippen LogP contribution in [0, 0.1) is 0 Å². The molecule has 0 aromatic heterocycles. The van der Waals surface area contributed by atoms with Crippen molar-refractivity contribution in [1.82, 2.24) is 9.80 Å². The Bertz CT molecular complexity index is 275. The largest absolute Gasteiger partial charge is 0.377 e. The second-order valence-corrected chi connectivity index (χ2v) is 6.39. The molecule has 0 saturated carbocycles. The van der Waals surface area contributed by atoms with Crippen molar-refractivity contribution < 1.29 is 4.74 Å². The number of hydrogen-bond acceptors (Lipinski definition) is 4. The van der Waals surface area contributed by atoms with Gasteiger partial charge in [0.05, 0.1) is 6.10 Å². The summed E-state index contributed by atoms with van der Waals surface area (Å²) in [5.41, 5.74) is 6.02. The van der Waals surface area contributed by atoms with Crippen LogP contribution in [-0.2, 0) is 4.74 Å². The molecule has 3 heterocycles. The molecule has 3 atom stereocenters. The highest BCUT2D eigenvalue weighted by Gasteiger charge is 2.36. The fourth-order valence-electron chi connectivity index (χ4n) is 4.09. The van der Waals surface area contributed by atoms with Crippen molar-refractivity contribution in [2.45, 2.75) is 56.7 Å². The second kappa shape index (κ2) is 6.53. The van der Waals surface area contributed by atoms with Gasteiger partial charge in [-0.2, -0.15) is 0 Å². The molecule has 0 aromatic carbocycles. The van der Waals surface area contributed by atoms with E-state index in [1.807, 2.05) is 0 Å². The summed E-state index contributed by atoms with van der Waals surface area (Å²) in [4.78, 5) is 5.32. The average molecular weight is 267 g/mol. The summed E-state index contributed by atoms with van der Waals surface area (Å²) in [6.45, 7) is 6.73. The zero-order valence-corrected chi connectivity index (χ0v) is 12.1. The number of likely N-dealkylation sites (tertiary alicyclic amines) is 2. The summed E-state index contributed by atoms with van der Waals surface area (Å²) in [5.74, 6) is 0. The van der Waals surface area contributed by atoms with Crippen LogP contribution >= 0.6 is 0 Å². The summed E-state index contributed by atoms with van der Waals surface area (Å²) < 4.78 is 5.86. The van der Waals surface area contributed by atoms with E-state index < -0.39 is 0 Å². The Kier molecular flexibility index (Phi) is 4.74. The molecule has 0 radical (unpaired) electrons. The predicted octanol–water partition coefficient (Wildman–Crippen LogP) is 1.05. The number of nitrogens with two attached hydrogens (primary N) is 1. The summed E-state index contributed by atoms with van der Waals surface area (Å²) in [6.07, 6.45) is 8.34. The van der Waals surface area contributed by atoms with E-state index in [0.717, 1.165) is 19.2 Å². The number of ether oxygens (including phenoxy) is 1. The van der Waals surface area contributed by atoms with E-state index in [0.29, 0.717) is 12.1 Å². The standard InChI is InChI=1S/C15H29N3O/c16-11-14(15-5-4-10-19-15)18-9-6-13(12-18)17-7-2-1-3-8-17/h13-15H,1-12,16H2. The van der Waals surface area contributed by atoms with Crippen LogP contribution in [0.3, 0.4) is 0 Å². The van der Waals surface area contributed by atoms with Crippen molar-refractivity contribution in [3.8, 4) is 0 Å². The number of hydrogen-bond donors (Lipinski definition) is 1. The van der Waals surface area contributed by atoms with Gasteiger partial charge < -0.3 is 10.5 Å². The van der Waals surface area contributed by atoms with E-state index in [1.54, 1.807) is 0 Å². The molecule has 0 aliphatic carbocycles. The molecule has 0 aromatic rings. The molecule has 4 nitrogen and oxygen atoms in total. The van der Waals surface area contributed by atoms with Crippen LogP contribution in [0.1, 0.15) is 38.5 Å². The molecule has 3 aliphatic rings. The Morgan fingerprint density at radius 3 is 2.58 bits per heavy atom. The maximum Gasteiger partial charge on any atom is 0.0743 e. The molecule has 0 spiro atoms. The SMILES string of the molecule is NCC(C1CCCO1)N1CCC(N2CCCCC2)C1. The zero-order valence-electron chi connectivity index (χ0n) is 12.1. The van der Waals surface area contributed by atoms with Crippen LogP contribution < -0.4 is 5.73 Å². The number of nitrogens with zero attached hydrogens (tertiary/aromatic N) is 2. The van der Waals surface area contributed by atoms with Crippen LogP contribution in [0.25, 0.3) is 0 Å². The Hall–Kier alpha value is -0.160. The van der Waals surface area contributed by atoms with E-state index in [1.165, 1.54) is 64.7 Å². The van der Waals surface area contributed by atoms with Gasteiger partial charge in [-0.3, -0.25) is 9.80 Å². The molecule has 0 bridgehead atoms. The summed E-state index contributed by atoms with van der Waals surface area (Å²) in [7, 11) is 0. The first kappa shape index (κ1) is 13.8. The number of rotatable bonds is 4. The van der Waals surface area contributed by atoms with Crippen molar-refractivity contribution in [2.75, 3.05) is 39.3 Å². The van der Waals surface area contributed by atoms with Crippen molar-refractivity contribution in [3.05, 3.63) is 0 Å². The molecule has 110 valence electrons. The Labute approximate surface area is 117 Å². The fourth-order valence-corrected chi connectivity index (χ4v) is 4.09. The molecule has 3 aliphatic heterocycles. The van der Waals surface area contributed by atoms with Crippen LogP contribution in [0.2, 0.25) is 0 Å². The molecule has 3 rings (SSSR count). The molecule has 3 unspecified atom stereocenters. The van der Waals surface area contributed by atoms with Gasteiger partial charge >= 0.3 is 0 Å². The molecule has 0 amide bonds. The van der Waals surface area contributed by atoms with E-state index in [9.17, 15) is 0 Å². The van der Waals surface area contributed by atoms with Gasteiger partial charge in [0.2, 0.25) is 0 Å². The highest BCUT2D eigenvalue weighted by molar-refractivity contribution is 4.92. The molecule has 2 N–H and O–H groups in total. The minimum Gasteiger partial charge on any atom is -0.377 e.